The third-order valence-electron chi connectivity index (χ3n) is 1.92. The molecule has 0 aliphatic rings. The molecule has 2 nitrogen and oxygen atoms in total. The van der Waals surface area contributed by atoms with Crippen molar-refractivity contribution in [2.75, 3.05) is 0 Å². The number of carbonyl (C=O) groups excluding carboxylic acids is 1. The second-order valence-corrected chi connectivity index (χ2v) is 3.16. The van der Waals surface area contributed by atoms with Crippen LogP contribution in [-0.4, -0.2) is 18.6 Å². The highest BCUT2D eigenvalue weighted by molar-refractivity contribution is 6.02. The van der Waals surface area contributed by atoms with E-state index in [2.05, 4.69) is 4.74 Å². The number of Topliss-reactive ketones (excluding diaryl/α,β-unsaturated/α-hetero) is 1. The number of alkyl halides is 5. The van der Waals surface area contributed by atoms with E-state index in [4.69, 9.17) is 0 Å². The van der Waals surface area contributed by atoms with E-state index in [1.54, 1.807) is 0 Å². The minimum absolute atomic E-state index is 0.0281. The number of aryl methyl sites for hydroxylation is 1. The maximum atomic E-state index is 12.2. The Balaban J connectivity index is 3.24. The Kier molecular flexibility index (Phi) is 3.69. The van der Waals surface area contributed by atoms with Crippen LogP contribution >= 0.6 is 0 Å². The van der Waals surface area contributed by atoms with Crippen molar-refractivity contribution in [3.05, 3.63) is 29.3 Å². The molecule has 0 heterocycles. The molecule has 1 aromatic carbocycles. The maximum Gasteiger partial charge on any atom is 0.455 e. The Morgan fingerprint density at radius 1 is 1.29 bits per heavy atom. The third kappa shape index (κ3) is 3.15. The number of carbonyl (C=O) groups is 1. The van der Waals surface area contributed by atoms with Gasteiger partial charge in [-0.05, 0) is 18.6 Å². The molecule has 0 aliphatic heterocycles. The van der Waals surface area contributed by atoms with Crippen molar-refractivity contribution in [3.8, 4) is 5.75 Å². The third-order valence-corrected chi connectivity index (χ3v) is 1.92. The summed E-state index contributed by atoms with van der Waals surface area (Å²) in [6.45, 7) is -2.03. The molecule has 0 saturated heterocycles. The van der Waals surface area contributed by atoms with Gasteiger partial charge in [0.15, 0.2) is 0 Å². The summed E-state index contributed by atoms with van der Waals surface area (Å²) in [7, 11) is 0. The van der Waals surface area contributed by atoms with Crippen LogP contribution in [0.5, 0.6) is 5.75 Å². The van der Waals surface area contributed by atoms with Crippen molar-refractivity contribution in [2.45, 2.75) is 19.7 Å². The first-order valence-electron chi connectivity index (χ1n) is 4.39. The summed E-state index contributed by atoms with van der Waals surface area (Å²) < 4.78 is 64.6. The van der Waals surface area contributed by atoms with E-state index in [0.29, 0.717) is 0 Å². The molecule has 0 aliphatic carbocycles. The molecule has 1 aromatic rings. The summed E-state index contributed by atoms with van der Waals surface area (Å²) in [5, 5.41) is 0. The van der Waals surface area contributed by atoms with Gasteiger partial charge in [-0.3, -0.25) is 4.79 Å². The highest BCUT2D eigenvalue weighted by Crippen LogP contribution is 2.31. The number of hydrogen-bond acceptors (Lipinski definition) is 2. The van der Waals surface area contributed by atoms with Crippen LogP contribution in [0, 0.1) is 6.92 Å². The average Bonchev–Trinajstić information content (AvgIpc) is 2.18. The smallest absolute Gasteiger partial charge is 0.434 e. The zero-order valence-electron chi connectivity index (χ0n) is 8.52. The highest BCUT2D eigenvalue weighted by Gasteiger charge is 2.41. The van der Waals surface area contributed by atoms with E-state index in [9.17, 15) is 26.7 Å². The first-order chi connectivity index (χ1) is 7.73. The van der Waals surface area contributed by atoms with Crippen LogP contribution in [0.4, 0.5) is 22.0 Å². The molecule has 0 saturated carbocycles. The van der Waals surface area contributed by atoms with Crippen molar-refractivity contribution < 1.29 is 31.5 Å². The Morgan fingerprint density at radius 2 is 1.88 bits per heavy atom. The molecular weight excluding hydrogens is 247 g/mol. The van der Waals surface area contributed by atoms with Crippen LogP contribution in [0.25, 0.3) is 0 Å². The summed E-state index contributed by atoms with van der Waals surface area (Å²) in [6, 6.07) is 3.22. The van der Waals surface area contributed by atoms with E-state index in [1.165, 1.54) is 13.0 Å². The van der Waals surface area contributed by atoms with Crippen LogP contribution in [0.1, 0.15) is 15.9 Å². The zero-order chi connectivity index (χ0) is 13.2. The molecule has 0 spiro atoms. The normalized spacial score (nSPS) is 11.7. The molecule has 0 N–H and O–H groups in total. The fourth-order valence-corrected chi connectivity index (χ4v) is 1.23. The number of ketones is 1. The quantitative estimate of drug-likeness (QED) is 0.610. The summed E-state index contributed by atoms with van der Waals surface area (Å²) in [5.74, 6) is -2.96. The number of hydrogen-bond donors (Lipinski definition) is 0. The fraction of sp³-hybridized carbons (Fsp3) is 0.300. The van der Waals surface area contributed by atoms with E-state index in [0.717, 1.165) is 12.1 Å². The zero-order valence-corrected chi connectivity index (χ0v) is 8.52. The topological polar surface area (TPSA) is 26.3 Å². The van der Waals surface area contributed by atoms with Gasteiger partial charge in [0.05, 0.1) is 5.56 Å². The van der Waals surface area contributed by atoms with Crippen molar-refractivity contribution in [1.29, 1.82) is 0 Å². The molecule has 0 fully saturated rings. The van der Waals surface area contributed by atoms with Crippen molar-refractivity contribution >= 4 is 5.78 Å². The van der Waals surface area contributed by atoms with Crippen molar-refractivity contribution in [2.24, 2.45) is 0 Å². The van der Waals surface area contributed by atoms with Crippen LogP contribution in [0.3, 0.4) is 0 Å². The number of rotatable bonds is 3. The number of ether oxygens (including phenoxy) is 1. The minimum atomic E-state index is -5.13. The van der Waals surface area contributed by atoms with Gasteiger partial charge in [0.1, 0.15) is 5.75 Å². The lowest BCUT2D eigenvalue weighted by molar-refractivity contribution is -0.0896. The van der Waals surface area contributed by atoms with Gasteiger partial charge >= 0.3 is 12.8 Å². The Morgan fingerprint density at radius 3 is 2.35 bits per heavy atom. The summed E-state index contributed by atoms with van der Waals surface area (Å²) in [5.41, 5.74) is -0.891. The van der Waals surface area contributed by atoms with Crippen LogP contribution in [0.15, 0.2) is 18.2 Å². The van der Waals surface area contributed by atoms with Gasteiger partial charge in [0.2, 0.25) is 0 Å². The predicted molar refractivity (Wildman–Crippen MR) is 48.2 cm³/mol. The molecule has 1 rings (SSSR count). The number of para-hydroxylation sites is 1. The van der Waals surface area contributed by atoms with E-state index in [-0.39, 0.29) is 5.56 Å². The van der Waals surface area contributed by atoms with E-state index >= 15 is 0 Å². The van der Waals surface area contributed by atoms with Gasteiger partial charge in [-0.2, -0.15) is 22.0 Å². The van der Waals surface area contributed by atoms with Crippen LogP contribution < -0.4 is 4.74 Å². The largest absolute Gasteiger partial charge is 0.455 e. The molecular formula is C10H7F5O2. The van der Waals surface area contributed by atoms with Gasteiger partial charge in [-0.25, -0.2) is 0 Å². The molecule has 0 aromatic heterocycles. The summed E-state index contributed by atoms with van der Waals surface area (Å²) >= 11 is 0. The van der Waals surface area contributed by atoms with Gasteiger partial charge in [0, 0.05) is 0 Å². The molecule has 7 heteroatoms. The van der Waals surface area contributed by atoms with Crippen LogP contribution in [-0.2, 0) is 0 Å². The SMILES string of the molecule is Cc1cccc(C(=O)C(F)(F)F)c1OC(F)F. The van der Waals surface area contributed by atoms with Gasteiger partial charge < -0.3 is 4.74 Å². The lowest BCUT2D eigenvalue weighted by Gasteiger charge is -2.13. The lowest BCUT2D eigenvalue weighted by Crippen LogP contribution is -2.24. The first kappa shape index (κ1) is 13.4. The predicted octanol–water partition coefficient (Wildman–Crippen LogP) is 3.34. The standard InChI is InChI=1S/C10H7F5O2/c1-5-3-2-4-6(7(5)17-9(11)12)8(16)10(13,14)15/h2-4,9H,1H3. The molecule has 94 valence electrons. The molecule has 0 radical (unpaired) electrons. The molecule has 0 amide bonds. The monoisotopic (exact) mass is 254 g/mol. The number of benzene rings is 1. The Bertz CT molecular complexity index is 425. The van der Waals surface area contributed by atoms with Gasteiger partial charge in [-0.1, -0.05) is 12.1 Å². The average molecular weight is 254 g/mol. The summed E-state index contributed by atoms with van der Waals surface area (Å²) in [4.78, 5) is 11.0. The maximum absolute atomic E-state index is 12.2. The fourth-order valence-electron chi connectivity index (χ4n) is 1.23. The Labute approximate surface area is 93.0 Å². The van der Waals surface area contributed by atoms with Crippen molar-refractivity contribution in [1.82, 2.24) is 0 Å². The van der Waals surface area contributed by atoms with E-state index in [1.807, 2.05) is 0 Å². The molecule has 17 heavy (non-hydrogen) atoms. The summed E-state index contributed by atoms with van der Waals surface area (Å²) in [6.07, 6.45) is -5.13. The van der Waals surface area contributed by atoms with E-state index < -0.39 is 29.9 Å². The molecule has 0 bridgehead atoms. The minimum Gasteiger partial charge on any atom is -0.434 e. The number of halogens is 5. The molecule has 0 atom stereocenters. The van der Waals surface area contributed by atoms with Gasteiger partial charge in [0.25, 0.3) is 5.78 Å². The highest BCUT2D eigenvalue weighted by atomic mass is 19.4. The second-order valence-electron chi connectivity index (χ2n) is 3.16. The first-order valence-corrected chi connectivity index (χ1v) is 4.39. The molecule has 0 unspecified atom stereocenters. The van der Waals surface area contributed by atoms with Crippen LogP contribution in [0.2, 0.25) is 0 Å². The van der Waals surface area contributed by atoms with Gasteiger partial charge in [-0.15, -0.1) is 0 Å². The Hall–Kier alpha value is -1.66. The van der Waals surface area contributed by atoms with Crippen molar-refractivity contribution in [3.63, 3.8) is 0 Å². The lowest BCUT2D eigenvalue weighted by atomic mass is 10.1. The second kappa shape index (κ2) is 4.68.